The SMILES string of the molecule is CC(C)C[C@H](NC(=O)c1n[nH]c2ccccc12)c1ccccc1. The molecule has 4 heteroatoms. The standard InChI is InChI=1S/C19H21N3O/c1-13(2)12-17(14-8-4-3-5-9-14)20-19(23)18-15-10-6-7-11-16(15)21-22-18/h3-11,13,17H,12H2,1-2H3,(H,20,23)(H,21,22)/t17-/m0/s1. The molecule has 0 aliphatic rings. The Labute approximate surface area is 135 Å². The van der Waals surface area contributed by atoms with Gasteiger partial charge in [0.15, 0.2) is 5.69 Å². The van der Waals surface area contributed by atoms with Crippen molar-refractivity contribution >= 4 is 16.8 Å². The van der Waals surface area contributed by atoms with Gasteiger partial charge >= 0.3 is 0 Å². The number of aromatic amines is 1. The summed E-state index contributed by atoms with van der Waals surface area (Å²) in [7, 11) is 0. The number of para-hydroxylation sites is 1. The Kier molecular flexibility index (Phi) is 4.42. The highest BCUT2D eigenvalue weighted by molar-refractivity contribution is 6.04. The topological polar surface area (TPSA) is 57.8 Å². The first kappa shape index (κ1) is 15.3. The van der Waals surface area contributed by atoms with Gasteiger partial charge in [-0.1, -0.05) is 62.4 Å². The molecule has 0 bridgehead atoms. The van der Waals surface area contributed by atoms with Crippen LogP contribution in [0.1, 0.15) is 42.4 Å². The molecule has 23 heavy (non-hydrogen) atoms. The highest BCUT2D eigenvalue weighted by Gasteiger charge is 2.20. The second-order valence-corrected chi connectivity index (χ2v) is 6.18. The lowest BCUT2D eigenvalue weighted by Crippen LogP contribution is -2.30. The molecule has 1 heterocycles. The van der Waals surface area contributed by atoms with Gasteiger partial charge < -0.3 is 5.32 Å². The maximum Gasteiger partial charge on any atom is 0.272 e. The number of nitrogens with one attached hydrogen (secondary N) is 2. The molecule has 3 aromatic rings. The molecule has 0 saturated heterocycles. The van der Waals surface area contributed by atoms with Crippen molar-refractivity contribution in [1.82, 2.24) is 15.5 Å². The summed E-state index contributed by atoms with van der Waals surface area (Å²) in [5.41, 5.74) is 2.44. The maximum absolute atomic E-state index is 12.7. The van der Waals surface area contributed by atoms with Gasteiger partial charge in [-0.15, -0.1) is 0 Å². The van der Waals surface area contributed by atoms with Crippen molar-refractivity contribution in [2.75, 3.05) is 0 Å². The van der Waals surface area contributed by atoms with E-state index in [4.69, 9.17) is 0 Å². The minimum Gasteiger partial charge on any atom is -0.344 e. The zero-order chi connectivity index (χ0) is 16.2. The molecule has 0 fully saturated rings. The van der Waals surface area contributed by atoms with Crippen molar-refractivity contribution in [3.8, 4) is 0 Å². The summed E-state index contributed by atoms with van der Waals surface area (Å²) in [5.74, 6) is 0.341. The third kappa shape index (κ3) is 3.42. The van der Waals surface area contributed by atoms with Crippen molar-refractivity contribution in [2.24, 2.45) is 5.92 Å². The number of carbonyl (C=O) groups excluding carboxylic acids is 1. The number of benzene rings is 2. The lowest BCUT2D eigenvalue weighted by Gasteiger charge is -2.20. The second-order valence-electron chi connectivity index (χ2n) is 6.18. The van der Waals surface area contributed by atoms with E-state index in [1.165, 1.54) is 0 Å². The Morgan fingerprint density at radius 3 is 2.52 bits per heavy atom. The second kappa shape index (κ2) is 6.65. The number of fused-ring (bicyclic) bond motifs is 1. The summed E-state index contributed by atoms with van der Waals surface area (Å²) in [5, 5.41) is 11.1. The Hall–Kier alpha value is -2.62. The minimum atomic E-state index is -0.142. The number of carbonyl (C=O) groups is 1. The predicted molar refractivity (Wildman–Crippen MR) is 92.2 cm³/mol. The predicted octanol–water partition coefficient (Wildman–Crippen LogP) is 4.08. The van der Waals surface area contributed by atoms with Crippen molar-refractivity contribution in [1.29, 1.82) is 0 Å². The van der Waals surface area contributed by atoms with Gasteiger partial charge in [0.2, 0.25) is 0 Å². The summed E-state index contributed by atoms with van der Waals surface area (Å²) in [6.07, 6.45) is 0.887. The summed E-state index contributed by atoms with van der Waals surface area (Å²) < 4.78 is 0. The molecule has 0 aliphatic carbocycles. The number of nitrogens with zero attached hydrogens (tertiary/aromatic N) is 1. The van der Waals surface area contributed by atoms with Crippen molar-refractivity contribution in [3.05, 3.63) is 65.9 Å². The van der Waals surface area contributed by atoms with E-state index in [1.807, 2.05) is 42.5 Å². The number of hydrogen-bond acceptors (Lipinski definition) is 2. The first-order valence-corrected chi connectivity index (χ1v) is 7.94. The van der Waals surface area contributed by atoms with Crippen LogP contribution in [0.25, 0.3) is 10.9 Å². The van der Waals surface area contributed by atoms with Crippen LogP contribution in [0.2, 0.25) is 0 Å². The van der Waals surface area contributed by atoms with Crippen LogP contribution in [0.3, 0.4) is 0 Å². The lowest BCUT2D eigenvalue weighted by molar-refractivity contribution is 0.0928. The number of amides is 1. The third-order valence-electron chi connectivity index (χ3n) is 3.90. The van der Waals surface area contributed by atoms with E-state index in [0.29, 0.717) is 11.6 Å². The molecule has 3 rings (SSSR count). The van der Waals surface area contributed by atoms with Gasteiger partial charge in [0.1, 0.15) is 0 Å². The molecule has 2 N–H and O–H groups in total. The average molecular weight is 307 g/mol. The van der Waals surface area contributed by atoms with E-state index in [9.17, 15) is 4.79 Å². The Balaban J connectivity index is 1.86. The number of aromatic nitrogens is 2. The molecule has 118 valence electrons. The van der Waals surface area contributed by atoms with Crippen LogP contribution >= 0.6 is 0 Å². The molecule has 0 aliphatic heterocycles. The summed E-state index contributed by atoms with van der Waals surface area (Å²) in [6, 6.07) is 17.7. The van der Waals surface area contributed by atoms with Gasteiger partial charge in [0, 0.05) is 5.39 Å². The van der Waals surface area contributed by atoms with Gasteiger partial charge in [-0.25, -0.2) is 0 Å². The normalized spacial score (nSPS) is 12.5. The fraction of sp³-hybridized carbons (Fsp3) is 0.263. The molecule has 4 nitrogen and oxygen atoms in total. The van der Waals surface area contributed by atoms with Crippen LogP contribution in [0.5, 0.6) is 0 Å². The molecule has 0 spiro atoms. The van der Waals surface area contributed by atoms with Crippen LogP contribution in [-0.4, -0.2) is 16.1 Å². The third-order valence-corrected chi connectivity index (χ3v) is 3.90. The molecule has 0 unspecified atom stereocenters. The molecule has 1 amide bonds. The highest BCUT2D eigenvalue weighted by Crippen LogP contribution is 2.22. The molecule has 0 radical (unpaired) electrons. The minimum absolute atomic E-state index is 0.0147. The van der Waals surface area contributed by atoms with E-state index < -0.39 is 0 Å². The van der Waals surface area contributed by atoms with Crippen LogP contribution in [0, 0.1) is 5.92 Å². The van der Waals surface area contributed by atoms with Gasteiger partial charge in [0.25, 0.3) is 5.91 Å². The smallest absolute Gasteiger partial charge is 0.272 e. The molecule has 1 aromatic heterocycles. The largest absolute Gasteiger partial charge is 0.344 e. The van der Waals surface area contributed by atoms with Crippen LogP contribution < -0.4 is 5.32 Å². The highest BCUT2D eigenvalue weighted by atomic mass is 16.2. The Morgan fingerprint density at radius 1 is 1.09 bits per heavy atom. The van der Waals surface area contributed by atoms with Gasteiger partial charge in [-0.3, -0.25) is 9.89 Å². The zero-order valence-electron chi connectivity index (χ0n) is 13.4. The average Bonchev–Trinajstić information content (AvgIpc) is 2.99. The van der Waals surface area contributed by atoms with Gasteiger partial charge in [-0.05, 0) is 24.0 Å². The summed E-state index contributed by atoms with van der Waals surface area (Å²) >= 11 is 0. The first-order valence-electron chi connectivity index (χ1n) is 7.94. The van der Waals surface area contributed by atoms with E-state index >= 15 is 0 Å². The van der Waals surface area contributed by atoms with Crippen molar-refractivity contribution < 1.29 is 4.79 Å². The number of hydrogen-bond donors (Lipinski definition) is 2. The van der Waals surface area contributed by atoms with E-state index in [0.717, 1.165) is 22.9 Å². The van der Waals surface area contributed by atoms with E-state index in [-0.39, 0.29) is 11.9 Å². The Morgan fingerprint density at radius 2 is 1.78 bits per heavy atom. The number of H-pyrrole nitrogens is 1. The zero-order valence-corrected chi connectivity index (χ0v) is 13.4. The molecular formula is C19H21N3O. The monoisotopic (exact) mass is 307 g/mol. The number of rotatable bonds is 5. The van der Waals surface area contributed by atoms with E-state index in [1.54, 1.807) is 0 Å². The summed E-state index contributed by atoms with van der Waals surface area (Å²) in [6.45, 7) is 4.32. The fourth-order valence-corrected chi connectivity index (χ4v) is 2.80. The van der Waals surface area contributed by atoms with E-state index in [2.05, 4.69) is 41.5 Å². The molecule has 0 saturated carbocycles. The Bertz CT molecular complexity index is 792. The van der Waals surface area contributed by atoms with Gasteiger partial charge in [0.05, 0.1) is 11.6 Å². The summed E-state index contributed by atoms with van der Waals surface area (Å²) in [4.78, 5) is 12.7. The maximum atomic E-state index is 12.7. The van der Waals surface area contributed by atoms with Crippen LogP contribution in [0.15, 0.2) is 54.6 Å². The first-order chi connectivity index (χ1) is 11.1. The van der Waals surface area contributed by atoms with Crippen LogP contribution in [-0.2, 0) is 0 Å². The quantitative estimate of drug-likeness (QED) is 0.746. The van der Waals surface area contributed by atoms with Gasteiger partial charge in [-0.2, -0.15) is 5.10 Å². The molecule has 2 aromatic carbocycles. The lowest BCUT2D eigenvalue weighted by atomic mass is 9.97. The van der Waals surface area contributed by atoms with Crippen molar-refractivity contribution in [3.63, 3.8) is 0 Å². The van der Waals surface area contributed by atoms with Crippen LogP contribution in [0.4, 0.5) is 0 Å². The molecule has 1 atom stereocenters. The fourth-order valence-electron chi connectivity index (χ4n) is 2.80. The molecular weight excluding hydrogens is 286 g/mol. The van der Waals surface area contributed by atoms with Crippen molar-refractivity contribution in [2.45, 2.75) is 26.3 Å².